The predicted octanol–water partition coefficient (Wildman–Crippen LogP) is 2.92. The first kappa shape index (κ1) is 24.6. The fourth-order valence-electron chi connectivity index (χ4n) is 4.58. The number of benzene rings is 1. The number of esters is 1. The predicted molar refractivity (Wildman–Crippen MR) is 129 cm³/mol. The third-order valence-electron chi connectivity index (χ3n) is 6.54. The molecule has 0 bridgehead atoms. The molecule has 2 heterocycles. The van der Waals surface area contributed by atoms with Crippen molar-refractivity contribution in [3.63, 3.8) is 0 Å². The van der Waals surface area contributed by atoms with Crippen molar-refractivity contribution in [2.24, 2.45) is 11.7 Å². The number of amides is 4. The average molecular weight is 498 g/mol. The van der Waals surface area contributed by atoms with Gasteiger partial charge in [0.15, 0.2) is 6.61 Å². The lowest BCUT2D eigenvalue weighted by Crippen LogP contribution is -2.49. The van der Waals surface area contributed by atoms with E-state index in [0.29, 0.717) is 17.0 Å². The Bertz CT molecular complexity index is 1180. The van der Waals surface area contributed by atoms with Gasteiger partial charge in [0, 0.05) is 4.88 Å². The van der Waals surface area contributed by atoms with Gasteiger partial charge in [-0.1, -0.05) is 32.4 Å². The summed E-state index contributed by atoms with van der Waals surface area (Å²) in [7, 11) is 0. The summed E-state index contributed by atoms with van der Waals surface area (Å²) in [6.45, 7) is 2.94. The van der Waals surface area contributed by atoms with Gasteiger partial charge in [-0.3, -0.25) is 24.1 Å². The van der Waals surface area contributed by atoms with Crippen molar-refractivity contribution in [1.29, 1.82) is 0 Å². The Morgan fingerprint density at radius 1 is 1.11 bits per heavy atom. The minimum absolute atomic E-state index is 0.233. The van der Waals surface area contributed by atoms with E-state index < -0.39 is 48.2 Å². The molecule has 9 nitrogen and oxygen atoms in total. The van der Waals surface area contributed by atoms with Crippen LogP contribution in [0.1, 0.15) is 74.6 Å². The Hall–Kier alpha value is -3.53. The van der Waals surface area contributed by atoms with Gasteiger partial charge in [-0.25, -0.2) is 4.79 Å². The van der Waals surface area contributed by atoms with Crippen molar-refractivity contribution in [1.82, 2.24) is 4.90 Å². The maximum Gasteiger partial charge on any atom is 0.330 e. The summed E-state index contributed by atoms with van der Waals surface area (Å²) in [6, 6.07) is 5.21. The molecular weight excluding hydrogens is 470 g/mol. The van der Waals surface area contributed by atoms with E-state index in [1.54, 1.807) is 31.2 Å². The van der Waals surface area contributed by atoms with Gasteiger partial charge >= 0.3 is 5.97 Å². The molecule has 1 aromatic carbocycles. The Morgan fingerprint density at radius 3 is 2.34 bits per heavy atom. The fraction of sp³-hybridized carbons (Fsp3) is 0.400. The summed E-state index contributed by atoms with van der Waals surface area (Å²) in [5.41, 5.74) is 7.22. The first-order valence-electron chi connectivity index (χ1n) is 11.6. The summed E-state index contributed by atoms with van der Waals surface area (Å²) in [5, 5.41) is 2.99. The molecular formula is C25H27N3O6S. The number of fused-ring (bicyclic) bond motifs is 2. The first-order valence-corrected chi connectivity index (χ1v) is 12.4. The van der Waals surface area contributed by atoms with Gasteiger partial charge < -0.3 is 15.8 Å². The van der Waals surface area contributed by atoms with Crippen molar-refractivity contribution in [2.75, 3.05) is 11.9 Å². The van der Waals surface area contributed by atoms with Crippen LogP contribution in [0.5, 0.6) is 0 Å². The van der Waals surface area contributed by atoms with E-state index in [4.69, 9.17) is 10.5 Å². The van der Waals surface area contributed by atoms with Gasteiger partial charge in [0.25, 0.3) is 23.6 Å². The van der Waals surface area contributed by atoms with Crippen LogP contribution in [-0.4, -0.2) is 47.1 Å². The number of hydrogen-bond acceptors (Lipinski definition) is 7. The highest BCUT2D eigenvalue weighted by molar-refractivity contribution is 7.17. The van der Waals surface area contributed by atoms with E-state index in [1.807, 2.05) is 6.92 Å². The lowest BCUT2D eigenvalue weighted by Gasteiger charge is -2.28. The molecule has 2 aliphatic rings. The molecule has 2 aromatic rings. The standard InChI is InChI=1S/C25H27N3O6S/c1-3-13(2)20(28-23(31)14-8-4-5-9-15(14)24(28)32)25(33)34-12-18(29)27-22-19(21(26)30)16-10-6-7-11-17(16)35-22/h4-5,8-9,13,20H,3,6-7,10-12H2,1-2H3,(H2,26,30)(H,27,29)/t13-,20-/m0/s1. The van der Waals surface area contributed by atoms with Gasteiger partial charge in [0.2, 0.25) is 0 Å². The number of ether oxygens (including phenoxy) is 1. The van der Waals surface area contributed by atoms with Gasteiger partial charge in [-0.05, 0) is 49.3 Å². The fourth-order valence-corrected chi connectivity index (χ4v) is 5.89. The number of rotatable bonds is 8. The molecule has 35 heavy (non-hydrogen) atoms. The van der Waals surface area contributed by atoms with Crippen LogP contribution in [0.4, 0.5) is 5.00 Å². The zero-order valence-corrected chi connectivity index (χ0v) is 20.4. The van der Waals surface area contributed by atoms with Crippen LogP contribution >= 0.6 is 11.3 Å². The monoisotopic (exact) mass is 497 g/mol. The van der Waals surface area contributed by atoms with Gasteiger partial charge in [0.1, 0.15) is 11.0 Å². The maximum absolute atomic E-state index is 13.0. The molecule has 2 atom stereocenters. The van der Waals surface area contributed by atoms with Crippen LogP contribution in [0.3, 0.4) is 0 Å². The van der Waals surface area contributed by atoms with Gasteiger partial charge in [-0.15, -0.1) is 11.3 Å². The molecule has 0 unspecified atom stereocenters. The third kappa shape index (κ3) is 4.58. The molecule has 0 fully saturated rings. The number of nitrogens with two attached hydrogens (primary N) is 1. The number of imide groups is 1. The largest absolute Gasteiger partial charge is 0.454 e. The average Bonchev–Trinajstić information content (AvgIpc) is 3.33. The quantitative estimate of drug-likeness (QED) is 0.425. The minimum atomic E-state index is -1.17. The summed E-state index contributed by atoms with van der Waals surface area (Å²) in [4.78, 5) is 65.5. The van der Waals surface area contributed by atoms with Gasteiger partial charge in [-0.2, -0.15) is 0 Å². The number of nitrogens with zero attached hydrogens (tertiary/aromatic N) is 1. The number of anilines is 1. The molecule has 0 saturated carbocycles. The summed E-state index contributed by atoms with van der Waals surface area (Å²) < 4.78 is 5.26. The number of nitrogens with one attached hydrogen (secondary N) is 1. The van der Waals surface area contributed by atoms with Crippen LogP contribution in [0.15, 0.2) is 24.3 Å². The molecule has 0 spiro atoms. The van der Waals surface area contributed by atoms with Crippen LogP contribution in [0, 0.1) is 5.92 Å². The van der Waals surface area contributed by atoms with E-state index in [-0.39, 0.29) is 11.1 Å². The number of hydrogen-bond donors (Lipinski definition) is 2. The second kappa shape index (κ2) is 9.99. The van der Waals surface area contributed by atoms with E-state index >= 15 is 0 Å². The molecule has 0 radical (unpaired) electrons. The zero-order valence-electron chi connectivity index (χ0n) is 19.6. The molecule has 4 amide bonds. The van der Waals surface area contributed by atoms with Crippen molar-refractivity contribution in [3.8, 4) is 0 Å². The minimum Gasteiger partial charge on any atom is -0.454 e. The number of carbonyl (C=O) groups excluding carboxylic acids is 5. The molecule has 1 aliphatic heterocycles. The summed E-state index contributed by atoms with van der Waals surface area (Å²) >= 11 is 1.31. The topological polar surface area (TPSA) is 136 Å². The highest BCUT2D eigenvalue weighted by Gasteiger charge is 2.45. The molecule has 184 valence electrons. The number of carbonyl (C=O) groups is 5. The van der Waals surface area contributed by atoms with Crippen LogP contribution in [0.25, 0.3) is 0 Å². The van der Waals surface area contributed by atoms with Gasteiger partial charge in [0.05, 0.1) is 16.7 Å². The summed E-state index contributed by atoms with van der Waals surface area (Å²) in [6.07, 6.45) is 4.01. The Morgan fingerprint density at radius 2 is 1.74 bits per heavy atom. The molecule has 4 rings (SSSR count). The van der Waals surface area contributed by atoms with Crippen molar-refractivity contribution < 1.29 is 28.7 Å². The van der Waals surface area contributed by atoms with Crippen LogP contribution in [0.2, 0.25) is 0 Å². The molecule has 10 heteroatoms. The van der Waals surface area contributed by atoms with Crippen molar-refractivity contribution in [2.45, 2.75) is 52.0 Å². The lowest BCUT2D eigenvalue weighted by molar-refractivity contribution is -0.152. The van der Waals surface area contributed by atoms with E-state index in [2.05, 4.69) is 5.32 Å². The zero-order chi connectivity index (χ0) is 25.3. The van der Waals surface area contributed by atoms with Crippen LogP contribution < -0.4 is 11.1 Å². The Labute approximate surface area is 206 Å². The van der Waals surface area contributed by atoms with E-state index in [9.17, 15) is 24.0 Å². The first-order chi connectivity index (χ1) is 16.7. The molecule has 0 saturated heterocycles. The smallest absolute Gasteiger partial charge is 0.330 e. The Kier molecular flexibility index (Phi) is 7.02. The van der Waals surface area contributed by atoms with E-state index in [1.165, 1.54) is 11.3 Å². The number of aryl methyl sites for hydroxylation is 1. The van der Waals surface area contributed by atoms with Crippen molar-refractivity contribution in [3.05, 3.63) is 51.4 Å². The SMILES string of the molecule is CC[C@H](C)[C@@H](C(=O)OCC(=O)Nc1sc2c(c1C(N)=O)CCCC2)N1C(=O)c2ccccc2C1=O. The third-order valence-corrected chi connectivity index (χ3v) is 7.75. The second-order valence-corrected chi connectivity index (χ2v) is 9.90. The molecule has 1 aromatic heterocycles. The molecule has 1 aliphatic carbocycles. The molecule has 3 N–H and O–H groups in total. The summed E-state index contributed by atoms with van der Waals surface area (Å²) in [5.74, 6) is -3.60. The number of primary amides is 1. The Balaban J connectivity index is 1.47. The van der Waals surface area contributed by atoms with Crippen LogP contribution in [-0.2, 0) is 27.2 Å². The highest BCUT2D eigenvalue weighted by atomic mass is 32.1. The number of thiophene rings is 1. The highest BCUT2D eigenvalue weighted by Crippen LogP contribution is 2.38. The maximum atomic E-state index is 13.0. The van der Waals surface area contributed by atoms with Crippen molar-refractivity contribution >= 4 is 45.9 Å². The second-order valence-electron chi connectivity index (χ2n) is 8.79. The normalized spacial score (nSPS) is 16.3. The van der Waals surface area contributed by atoms with E-state index in [0.717, 1.165) is 41.0 Å². The lowest BCUT2D eigenvalue weighted by atomic mass is 9.95.